The molecule has 1 aromatic rings. The lowest BCUT2D eigenvalue weighted by Crippen LogP contribution is -1.97. The highest BCUT2D eigenvalue weighted by Crippen LogP contribution is 2.20. The maximum Gasteiger partial charge on any atom is 0.159 e. The summed E-state index contributed by atoms with van der Waals surface area (Å²) in [6.07, 6.45) is 0.321. The Morgan fingerprint density at radius 2 is 2.15 bits per heavy atom. The van der Waals surface area contributed by atoms with E-state index in [1.165, 1.54) is 13.0 Å². The van der Waals surface area contributed by atoms with Crippen molar-refractivity contribution in [2.75, 3.05) is 0 Å². The fraction of sp³-hybridized carbons (Fsp3) is 0.111. The molecule has 0 N–H and O–H groups in total. The minimum atomic E-state index is -0.771. The van der Waals surface area contributed by atoms with Crippen LogP contribution in [0.5, 0.6) is 0 Å². The summed E-state index contributed by atoms with van der Waals surface area (Å²) in [4.78, 5) is 21.2. The molecular weight excluding hydrogens is 195 g/mol. The Morgan fingerprint density at radius 3 is 2.54 bits per heavy atom. The van der Waals surface area contributed by atoms with Gasteiger partial charge in [0.15, 0.2) is 12.1 Å². The van der Waals surface area contributed by atoms with E-state index >= 15 is 0 Å². The first-order valence-corrected chi connectivity index (χ1v) is 3.89. The number of ketones is 1. The van der Waals surface area contributed by atoms with Gasteiger partial charge in [-0.15, -0.1) is 0 Å². The number of Topliss-reactive ketones (excluding diaryl/α,β-unsaturated/α-hetero) is 1. The smallest absolute Gasteiger partial charge is 0.159 e. The molecule has 0 fully saturated rings. The highest BCUT2D eigenvalue weighted by molar-refractivity contribution is 6.33. The lowest BCUT2D eigenvalue weighted by Gasteiger charge is -2.00. The van der Waals surface area contributed by atoms with Crippen molar-refractivity contribution in [3.63, 3.8) is 0 Å². The third-order valence-electron chi connectivity index (χ3n) is 1.60. The van der Waals surface area contributed by atoms with Crippen LogP contribution in [-0.4, -0.2) is 12.1 Å². The molecule has 13 heavy (non-hydrogen) atoms. The Morgan fingerprint density at radius 1 is 1.54 bits per heavy atom. The number of halogens is 2. The molecule has 0 spiro atoms. The molecule has 0 aliphatic carbocycles. The molecule has 0 bridgehead atoms. The van der Waals surface area contributed by atoms with E-state index in [1.54, 1.807) is 0 Å². The quantitative estimate of drug-likeness (QED) is 0.543. The highest BCUT2D eigenvalue weighted by Gasteiger charge is 2.10. The first-order chi connectivity index (χ1) is 6.06. The van der Waals surface area contributed by atoms with Crippen LogP contribution >= 0.6 is 11.6 Å². The van der Waals surface area contributed by atoms with Crippen molar-refractivity contribution in [3.8, 4) is 0 Å². The second kappa shape index (κ2) is 3.66. The fourth-order valence-electron chi connectivity index (χ4n) is 0.900. The van der Waals surface area contributed by atoms with Crippen LogP contribution in [0, 0.1) is 5.82 Å². The molecule has 0 aliphatic heterocycles. The average Bonchev–Trinajstić information content (AvgIpc) is 2.03. The van der Waals surface area contributed by atoms with Crippen molar-refractivity contribution in [2.24, 2.45) is 0 Å². The summed E-state index contributed by atoms with van der Waals surface area (Å²) < 4.78 is 13.0. The van der Waals surface area contributed by atoms with Gasteiger partial charge in [-0.2, -0.15) is 0 Å². The normalized spacial score (nSPS) is 9.77. The van der Waals surface area contributed by atoms with E-state index in [0.29, 0.717) is 6.29 Å². The summed E-state index contributed by atoms with van der Waals surface area (Å²) in [7, 11) is 0. The van der Waals surface area contributed by atoms with Crippen LogP contribution in [0.25, 0.3) is 0 Å². The van der Waals surface area contributed by atoms with Crippen LogP contribution in [0.15, 0.2) is 12.1 Å². The Kier molecular flexibility index (Phi) is 2.78. The van der Waals surface area contributed by atoms with Crippen LogP contribution in [0.3, 0.4) is 0 Å². The number of carbonyl (C=O) groups is 2. The maximum atomic E-state index is 13.0. The average molecular weight is 201 g/mol. The predicted molar refractivity (Wildman–Crippen MR) is 46.8 cm³/mol. The first kappa shape index (κ1) is 9.86. The number of rotatable bonds is 2. The van der Waals surface area contributed by atoms with E-state index in [-0.39, 0.29) is 21.9 Å². The van der Waals surface area contributed by atoms with Gasteiger partial charge < -0.3 is 0 Å². The van der Waals surface area contributed by atoms with Crippen LogP contribution in [0.4, 0.5) is 4.39 Å². The van der Waals surface area contributed by atoms with E-state index in [0.717, 1.165) is 6.07 Å². The molecule has 68 valence electrons. The Labute approximate surface area is 79.3 Å². The predicted octanol–water partition coefficient (Wildman–Crippen LogP) is 2.49. The Balaban J connectivity index is 3.36. The zero-order chi connectivity index (χ0) is 10.0. The zero-order valence-electron chi connectivity index (χ0n) is 6.80. The monoisotopic (exact) mass is 200 g/mol. The highest BCUT2D eigenvalue weighted by atomic mass is 35.5. The van der Waals surface area contributed by atoms with Gasteiger partial charge in [0, 0.05) is 5.56 Å². The second-order valence-electron chi connectivity index (χ2n) is 2.53. The summed E-state index contributed by atoms with van der Waals surface area (Å²) in [5.74, 6) is -1.06. The van der Waals surface area contributed by atoms with E-state index in [4.69, 9.17) is 11.6 Å². The van der Waals surface area contributed by atoms with E-state index < -0.39 is 5.82 Å². The number of hydrogen-bond acceptors (Lipinski definition) is 2. The molecule has 0 heterocycles. The standard InChI is InChI=1S/C9H6ClFO2/c1-5(13)6-2-8(10)7(4-12)9(11)3-6/h2-4H,1H3. The summed E-state index contributed by atoms with van der Waals surface area (Å²) in [5.41, 5.74) is -0.0558. The van der Waals surface area contributed by atoms with Crippen molar-refractivity contribution in [1.82, 2.24) is 0 Å². The summed E-state index contributed by atoms with van der Waals surface area (Å²) in [5, 5.41) is -0.0415. The number of carbonyl (C=O) groups excluding carboxylic acids is 2. The molecule has 0 amide bonds. The van der Waals surface area contributed by atoms with Gasteiger partial charge in [-0.05, 0) is 19.1 Å². The Hall–Kier alpha value is -1.22. The van der Waals surface area contributed by atoms with Crippen molar-refractivity contribution < 1.29 is 14.0 Å². The molecule has 0 unspecified atom stereocenters. The van der Waals surface area contributed by atoms with Crippen molar-refractivity contribution in [2.45, 2.75) is 6.92 Å². The molecule has 1 rings (SSSR count). The minimum absolute atomic E-state index is 0.0415. The van der Waals surface area contributed by atoms with Gasteiger partial charge in [0.25, 0.3) is 0 Å². The topological polar surface area (TPSA) is 34.1 Å². The van der Waals surface area contributed by atoms with Gasteiger partial charge in [-0.3, -0.25) is 9.59 Å². The van der Waals surface area contributed by atoms with Gasteiger partial charge in [0.05, 0.1) is 10.6 Å². The van der Waals surface area contributed by atoms with Gasteiger partial charge >= 0.3 is 0 Å². The lowest BCUT2D eigenvalue weighted by molar-refractivity contribution is 0.101. The van der Waals surface area contributed by atoms with Crippen molar-refractivity contribution in [3.05, 3.63) is 34.1 Å². The van der Waals surface area contributed by atoms with Gasteiger partial charge in [-0.1, -0.05) is 11.6 Å². The molecule has 0 saturated carbocycles. The van der Waals surface area contributed by atoms with Crippen LogP contribution < -0.4 is 0 Å². The van der Waals surface area contributed by atoms with E-state index in [1.807, 2.05) is 0 Å². The first-order valence-electron chi connectivity index (χ1n) is 3.51. The summed E-state index contributed by atoms with van der Waals surface area (Å²) in [6, 6.07) is 2.27. The molecule has 0 saturated heterocycles. The zero-order valence-corrected chi connectivity index (χ0v) is 7.56. The molecule has 0 radical (unpaired) electrons. The molecular formula is C9H6ClFO2. The third-order valence-corrected chi connectivity index (χ3v) is 1.92. The molecule has 0 atom stereocenters. The second-order valence-corrected chi connectivity index (χ2v) is 2.93. The number of benzene rings is 1. The van der Waals surface area contributed by atoms with Crippen LogP contribution in [-0.2, 0) is 0 Å². The Bertz CT molecular complexity index is 351. The SMILES string of the molecule is CC(=O)c1cc(F)c(C=O)c(Cl)c1. The summed E-state index contributed by atoms with van der Waals surface area (Å²) in [6.45, 7) is 1.30. The van der Waals surface area contributed by atoms with Crippen LogP contribution in [0.2, 0.25) is 5.02 Å². The summed E-state index contributed by atoms with van der Waals surface area (Å²) >= 11 is 5.56. The largest absolute Gasteiger partial charge is 0.298 e. The molecule has 1 aromatic carbocycles. The fourth-order valence-corrected chi connectivity index (χ4v) is 1.15. The third kappa shape index (κ3) is 1.92. The van der Waals surface area contributed by atoms with E-state index in [2.05, 4.69) is 0 Å². The van der Waals surface area contributed by atoms with Gasteiger partial charge in [-0.25, -0.2) is 4.39 Å². The van der Waals surface area contributed by atoms with Gasteiger partial charge in [0.1, 0.15) is 5.82 Å². The van der Waals surface area contributed by atoms with Crippen molar-refractivity contribution >= 4 is 23.7 Å². The molecule has 0 aromatic heterocycles. The number of hydrogen-bond donors (Lipinski definition) is 0. The van der Waals surface area contributed by atoms with Gasteiger partial charge in [0.2, 0.25) is 0 Å². The minimum Gasteiger partial charge on any atom is -0.298 e. The van der Waals surface area contributed by atoms with E-state index in [9.17, 15) is 14.0 Å². The molecule has 4 heteroatoms. The number of aldehydes is 1. The lowest BCUT2D eigenvalue weighted by atomic mass is 10.1. The van der Waals surface area contributed by atoms with Crippen molar-refractivity contribution in [1.29, 1.82) is 0 Å². The molecule has 0 aliphatic rings. The maximum absolute atomic E-state index is 13.0. The van der Waals surface area contributed by atoms with Crippen LogP contribution in [0.1, 0.15) is 27.6 Å². The molecule has 2 nitrogen and oxygen atoms in total.